The number of halogens is 1. The predicted molar refractivity (Wildman–Crippen MR) is 78.7 cm³/mol. The van der Waals surface area contributed by atoms with Crippen LogP contribution in [0, 0.1) is 11.3 Å². The van der Waals surface area contributed by atoms with Crippen molar-refractivity contribution in [3.8, 4) is 11.9 Å². The van der Waals surface area contributed by atoms with Crippen LogP contribution in [0.4, 0.5) is 5.82 Å². The summed E-state index contributed by atoms with van der Waals surface area (Å²) in [6, 6.07) is 2.61. The van der Waals surface area contributed by atoms with Crippen LogP contribution in [-0.4, -0.2) is 25.6 Å². The second-order valence-corrected chi connectivity index (χ2v) is 5.99. The van der Waals surface area contributed by atoms with Crippen molar-refractivity contribution in [3.63, 3.8) is 0 Å². The smallest absolute Gasteiger partial charge is 0.196 e. The average molecular weight is 303 g/mol. The van der Waals surface area contributed by atoms with Gasteiger partial charge >= 0.3 is 0 Å². The van der Waals surface area contributed by atoms with E-state index in [0.717, 1.165) is 44.3 Å². The summed E-state index contributed by atoms with van der Waals surface area (Å²) in [5.74, 6) is 1.33. The third-order valence-corrected chi connectivity index (χ3v) is 4.41. The van der Waals surface area contributed by atoms with Crippen molar-refractivity contribution >= 4 is 17.4 Å². The van der Waals surface area contributed by atoms with Crippen LogP contribution in [0.2, 0.25) is 5.02 Å². The number of hydrogen-bond acceptors (Lipinski definition) is 4. The lowest BCUT2D eigenvalue weighted by Gasteiger charge is -2.12. The van der Waals surface area contributed by atoms with E-state index in [0.29, 0.717) is 28.3 Å². The fourth-order valence-electron chi connectivity index (χ4n) is 2.72. The lowest BCUT2D eigenvalue weighted by atomic mass is 10.1. The van der Waals surface area contributed by atoms with E-state index in [4.69, 9.17) is 11.6 Å². The highest BCUT2D eigenvalue weighted by molar-refractivity contribution is 6.32. The fourth-order valence-corrected chi connectivity index (χ4v) is 3.03. The first-order valence-corrected chi connectivity index (χ1v) is 7.66. The van der Waals surface area contributed by atoms with Crippen molar-refractivity contribution in [1.82, 2.24) is 19.6 Å². The highest BCUT2D eigenvalue weighted by atomic mass is 35.5. The topological polar surface area (TPSA) is 71.5 Å². The average Bonchev–Trinajstić information content (AvgIpc) is 3.14. The molecule has 0 atom stereocenters. The summed E-state index contributed by atoms with van der Waals surface area (Å²) in [4.78, 5) is 0. The molecule has 1 saturated carbocycles. The summed E-state index contributed by atoms with van der Waals surface area (Å²) < 4.78 is 3.64. The maximum Gasteiger partial charge on any atom is 0.196 e. The molecule has 2 aromatic rings. The van der Waals surface area contributed by atoms with E-state index < -0.39 is 0 Å². The third-order valence-electron chi connectivity index (χ3n) is 4.02. The van der Waals surface area contributed by atoms with Crippen molar-refractivity contribution in [1.29, 1.82) is 5.26 Å². The molecule has 6 nitrogen and oxygen atoms in total. The molecule has 2 aliphatic rings. The number of anilines is 1. The highest BCUT2D eigenvalue weighted by Gasteiger charge is 2.27. The Morgan fingerprint density at radius 1 is 1.38 bits per heavy atom. The van der Waals surface area contributed by atoms with E-state index in [-0.39, 0.29) is 0 Å². The van der Waals surface area contributed by atoms with Gasteiger partial charge in [-0.2, -0.15) is 20.1 Å². The normalized spacial score (nSPS) is 17.3. The van der Waals surface area contributed by atoms with Crippen LogP contribution in [0.3, 0.4) is 0 Å². The summed E-state index contributed by atoms with van der Waals surface area (Å²) in [5.41, 5.74) is 1.60. The summed E-state index contributed by atoms with van der Waals surface area (Å²) in [6.07, 6.45) is 7.04. The molecular weight excluding hydrogens is 288 g/mol. The molecule has 0 radical (unpaired) electrons. The molecule has 1 aliphatic carbocycles. The van der Waals surface area contributed by atoms with E-state index in [1.54, 1.807) is 10.9 Å². The molecule has 4 rings (SSSR count). The quantitative estimate of drug-likeness (QED) is 0.945. The van der Waals surface area contributed by atoms with Crippen LogP contribution >= 0.6 is 11.6 Å². The number of fused-ring (bicyclic) bond motifs is 1. The number of aryl methyl sites for hydroxylation is 1. The van der Waals surface area contributed by atoms with Gasteiger partial charge in [0.05, 0.1) is 11.9 Å². The summed E-state index contributed by atoms with van der Waals surface area (Å²) in [5, 5.41) is 22.2. The minimum Gasteiger partial charge on any atom is -0.366 e. The minimum atomic E-state index is 0.434. The van der Waals surface area contributed by atoms with Crippen molar-refractivity contribution < 1.29 is 0 Å². The number of hydrogen-bond donors (Lipinski definition) is 1. The monoisotopic (exact) mass is 302 g/mol. The van der Waals surface area contributed by atoms with Crippen molar-refractivity contribution in [2.24, 2.45) is 0 Å². The Kier molecular flexibility index (Phi) is 2.89. The molecule has 0 unspecified atom stereocenters. The maximum absolute atomic E-state index is 9.24. The molecule has 2 aromatic heterocycles. The van der Waals surface area contributed by atoms with Gasteiger partial charge in [-0.3, -0.25) is 4.68 Å². The number of nitrogens with zero attached hydrogens (tertiary/aromatic N) is 5. The molecule has 1 aliphatic heterocycles. The number of aromatic nitrogens is 4. The van der Waals surface area contributed by atoms with E-state index >= 15 is 0 Å². The number of rotatable bonds is 3. The molecule has 7 heteroatoms. The largest absolute Gasteiger partial charge is 0.366 e. The van der Waals surface area contributed by atoms with Gasteiger partial charge in [-0.25, -0.2) is 0 Å². The van der Waals surface area contributed by atoms with Gasteiger partial charge < -0.3 is 5.32 Å². The molecule has 0 saturated heterocycles. The van der Waals surface area contributed by atoms with Gasteiger partial charge in [-0.15, -0.1) is 0 Å². The van der Waals surface area contributed by atoms with Gasteiger partial charge in [0.25, 0.3) is 0 Å². The molecule has 21 heavy (non-hydrogen) atoms. The first kappa shape index (κ1) is 12.7. The molecule has 0 aromatic carbocycles. The fraction of sp³-hybridized carbons (Fsp3) is 0.500. The minimum absolute atomic E-state index is 0.434. The van der Waals surface area contributed by atoms with Crippen molar-refractivity contribution in [3.05, 3.63) is 22.5 Å². The lowest BCUT2D eigenvalue weighted by molar-refractivity contribution is 0.484. The standard InChI is InChI=1S/C14H15ClN6/c15-12-11-3-1-2-6-20(11)19-14(12)21-13(18-10-4-5-10)9(7-16)8-17-21/h8,10,18H,1-6H2. The van der Waals surface area contributed by atoms with E-state index in [1.807, 2.05) is 4.68 Å². The van der Waals surface area contributed by atoms with Crippen LogP contribution in [0.1, 0.15) is 36.9 Å². The molecule has 3 heterocycles. The van der Waals surface area contributed by atoms with E-state index in [1.165, 1.54) is 0 Å². The van der Waals surface area contributed by atoms with Crippen molar-refractivity contribution in [2.75, 3.05) is 5.32 Å². The molecular formula is C14H15ClN6. The third kappa shape index (κ3) is 2.09. The van der Waals surface area contributed by atoms with Crippen LogP contribution < -0.4 is 5.32 Å². The molecule has 0 bridgehead atoms. The zero-order chi connectivity index (χ0) is 14.4. The van der Waals surface area contributed by atoms with Crippen LogP contribution in [-0.2, 0) is 13.0 Å². The molecule has 108 valence electrons. The summed E-state index contributed by atoms with van der Waals surface area (Å²) in [7, 11) is 0. The highest BCUT2D eigenvalue weighted by Crippen LogP contribution is 2.33. The van der Waals surface area contributed by atoms with Crippen LogP contribution in [0.5, 0.6) is 0 Å². The first-order valence-electron chi connectivity index (χ1n) is 7.28. The van der Waals surface area contributed by atoms with E-state index in [2.05, 4.69) is 21.6 Å². The predicted octanol–water partition coefficient (Wildman–Crippen LogP) is 2.50. The Morgan fingerprint density at radius 3 is 2.95 bits per heavy atom. The van der Waals surface area contributed by atoms with Gasteiger partial charge in [0, 0.05) is 12.6 Å². The Bertz CT molecular complexity index is 733. The zero-order valence-electron chi connectivity index (χ0n) is 11.5. The van der Waals surface area contributed by atoms with Crippen LogP contribution in [0.15, 0.2) is 6.20 Å². The number of nitriles is 1. The van der Waals surface area contributed by atoms with Crippen molar-refractivity contribution in [2.45, 2.75) is 44.7 Å². The maximum atomic E-state index is 9.24. The Hall–Kier alpha value is -2.00. The van der Waals surface area contributed by atoms with Crippen LogP contribution in [0.25, 0.3) is 5.82 Å². The van der Waals surface area contributed by atoms with Gasteiger partial charge in [0.15, 0.2) is 5.82 Å². The second-order valence-electron chi connectivity index (χ2n) is 5.61. The number of nitrogens with one attached hydrogen (secondary N) is 1. The van der Waals surface area contributed by atoms with E-state index in [9.17, 15) is 5.26 Å². The molecule has 1 N–H and O–H groups in total. The SMILES string of the molecule is N#Cc1cnn(-c2nn3c(c2Cl)CCCC3)c1NC1CC1. The molecule has 0 spiro atoms. The summed E-state index contributed by atoms with van der Waals surface area (Å²) >= 11 is 6.50. The second kappa shape index (κ2) is 4.78. The molecule has 1 fully saturated rings. The lowest BCUT2D eigenvalue weighted by Crippen LogP contribution is -2.12. The Labute approximate surface area is 127 Å². The van der Waals surface area contributed by atoms with Gasteiger partial charge in [-0.05, 0) is 32.1 Å². The first-order chi connectivity index (χ1) is 10.3. The van der Waals surface area contributed by atoms with Gasteiger partial charge in [-0.1, -0.05) is 11.6 Å². The van der Waals surface area contributed by atoms with Gasteiger partial charge in [0.1, 0.15) is 22.5 Å². The van der Waals surface area contributed by atoms with Gasteiger partial charge in [0.2, 0.25) is 0 Å². The summed E-state index contributed by atoms with van der Waals surface area (Å²) in [6.45, 7) is 0.896. The Balaban J connectivity index is 1.81. The Morgan fingerprint density at radius 2 is 2.24 bits per heavy atom. The molecule has 0 amide bonds. The zero-order valence-corrected chi connectivity index (χ0v) is 12.3.